The summed E-state index contributed by atoms with van der Waals surface area (Å²) < 4.78 is 5.30. The predicted octanol–water partition coefficient (Wildman–Crippen LogP) is 0.798. The Bertz CT molecular complexity index is 224. The fourth-order valence-electron chi connectivity index (χ4n) is 1.49. The van der Waals surface area contributed by atoms with Gasteiger partial charge in [-0.15, -0.1) is 0 Å². The molecule has 0 saturated heterocycles. The van der Waals surface area contributed by atoms with Crippen LogP contribution in [-0.4, -0.2) is 61.4 Å². The Hall–Kier alpha value is -0.650. The third-order valence-corrected chi connectivity index (χ3v) is 3.16. The van der Waals surface area contributed by atoms with E-state index in [-0.39, 0.29) is 0 Å². The normalized spacial score (nSPS) is 14.9. The minimum Gasteiger partial charge on any atom is -0.480 e. The summed E-state index contributed by atoms with van der Waals surface area (Å²) in [5.74, 6) is -0.805. The van der Waals surface area contributed by atoms with E-state index >= 15 is 0 Å². The van der Waals surface area contributed by atoms with Gasteiger partial charge in [0.2, 0.25) is 0 Å². The van der Waals surface area contributed by atoms with E-state index in [4.69, 9.17) is 9.84 Å². The SMILES string of the molecule is CCOCCN(CC)CCC(C)(NC)C(=O)O. The van der Waals surface area contributed by atoms with E-state index < -0.39 is 11.5 Å². The second-order valence-corrected chi connectivity index (χ2v) is 4.27. The van der Waals surface area contributed by atoms with Crippen molar-refractivity contribution in [1.29, 1.82) is 0 Å². The van der Waals surface area contributed by atoms with Crippen molar-refractivity contribution < 1.29 is 14.6 Å². The molecule has 0 fully saturated rings. The van der Waals surface area contributed by atoms with Crippen LogP contribution < -0.4 is 5.32 Å². The number of hydrogen-bond acceptors (Lipinski definition) is 4. The summed E-state index contributed by atoms with van der Waals surface area (Å²) in [6.45, 7) is 9.70. The summed E-state index contributed by atoms with van der Waals surface area (Å²) in [7, 11) is 1.69. The first-order valence-corrected chi connectivity index (χ1v) is 6.22. The van der Waals surface area contributed by atoms with Gasteiger partial charge in [0.15, 0.2) is 0 Å². The molecule has 0 rings (SSSR count). The van der Waals surface area contributed by atoms with Crippen molar-refractivity contribution >= 4 is 5.97 Å². The maximum atomic E-state index is 11.1. The molecular weight excluding hydrogens is 220 g/mol. The van der Waals surface area contributed by atoms with E-state index in [0.29, 0.717) is 13.0 Å². The van der Waals surface area contributed by atoms with Crippen molar-refractivity contribution in [3.8, 4) is 0 Å². The van der Waals surface area contributed by atoms with Crippen LogP contribution in [0.3, 0.4) is 0 Å². The molecule has 0 heterocycles. The Balaban J connectivity index is 4.07. The molecule has 2 N–H and O–H groups in total. The zero-order chi connectivity index (χ0) is 13.3. The van der Waals surface area contributed by atoms with Gasteiger partial charge in [0.1, 0.15) is 5.54 Å². The van der Waals surface area contributed by atoms with Crippen LogP contribution in [0.1, 0.15) is 27.2 Å². The number of hydrogen-bond donors (Lipinski definition) is 2. The number of carboxylic acid groups (broad SMARTS) is 1. The molecule has 0 amide bonds. The highest BCUT2D eigenvalue weighted by atomic mass is 16.5. The van der Waals surface area contributed by atoms with E-state index in [1.54, 1.807) is 14.0 Å². The van der Waals surface area contributed by atoms with Gasteiger partial charge >= 0.3 is 5.97 Å². The van der Waals surface area contributed by atoms with Gasteiger partial charge < -0.3 is 20.1 Å². The van der Waals surface area contributed by atoms with E-state index in [9.17, 15) is 4.79 Å². The summed E-state index contributed by atoms with van der Waals surface area (Å²) in [4.78, 5) is 13.3. The smallest absolute Gasteiger partial charge is 0.323 e. The lowest BCUT2D eigenvalue weighted by molar-refractivity contribution is -0.144. The number of carbonyl (C=O) groups is 1. The van der Waals surface area contributed by atoms with Crippen molar-refractivity contribution in [3.63, 3.8) is 0 Å². The van der Waals surface area contributed by atoms with E-state index in [1.165, 1.54) is 0 Å². The number of likely N-dealkylation sites (N-methyl/N-ethyl adjacent to an activating group) is 2. The lowest BCUT2D eigenvalue weighted by Crippen LogP contribution is -2.49. The zero-order valence-corrected chi connectivity index (χ0v) is 11.5. The summed E-state index contributed by atoms with van der Waals surface area (Å²) in [6, 6.07) is 0. The molecule has 0 bridgehead atoms. The highest BCUT2D eigenvalue weighted by Crippen LogP contribution is 2.10. The first-order valence-electron chi connectivity index (χ1n) is 6.22. The van der Waals surface area contributed by atoms with Crippen LogP contribution in [-0.2, 0) is 9.53 Å². The van der Waals surface area contributed by atoms with Crippen molar-refractivity contribution in [2.75, 3.05) is 39.9 Å². The molecule has 0 aromatic heterocycles. The Labute approximate surface area is 104 Å². The number of rotatable bonds is 10. The largest absolute Gasteiger partial charge is 0.480 e. The molecule has 0 radical (unpaired) electrons. The van der Waals surface area contributed by atoms with Gasteiger partial charge in [-0.2, -0.15) is 0 Å². The van der Waals surface area contributed by atoms with Crippen molar-refractivity contribution in [1.82, 2.24) is 10.2 Å². The second-order valence-electron chi connectivity index (χ2n) is 4.27. The Kier molecular flexibility index (Phi) is 8.12. The number of carboxylic acids is 1. The molecule has 17 heavy (non-hydrogen) atoms. The van der Waals surface area contributed by atoms with Crippen LogP contribution >= 0.6 is 0 Å². The molecule has 0 aliphatic heterocycles. The van der Waals surface area contributed by atoms with Crippen LogP contribution in [0.15, 0.2) is 0 Å². The van der Waals surface area contributed by atoms with Crippen LogP contribution in [0.4, 0.5) is 0 Å². The van der Waals surface area contributed by atoms with Crippen molar-refractivity contribution in [3.05, 3.63) is 0 Å². The Morgan fingerprint density at radius 1 is 1.41 bits per heavy atom. The van der Waals surface area contributed by atoms with Gasteiger partial charge in [0, 0.05) is 19.7 Å². The lowest BCUT2D eigenvalue weighted by atomic mass is 9.98. The van der Waals surface area contributed by atoms with Crippen LogP contribution in [0.2, 0.25) is 0 Å². The maximum absolute atomic E-state index is 11.1. The third kappa shape index (κ3) is 6.00. The molecule has 0 saturated carbocycles. The molecule has 0 aliphatic rings. The molecule has 102 valence electrons. The summed E-state index contributed by atoms with van der Waals surface area (Å²) in [5.41, 5.74) is -0.848. The number of ether oxygens (including phenoxy) is 1. The van der Waals surface area contributed by atoms with Gasteiger partial charge in [0.25, 0.3) is 0 Å². The molecule has 1 unspecified atom stereocenters. The second kappa shape index (κ2) is 8.44. The molecule has 0 aliphatic carbocycles. The highest BCUT2D eigenvalue weighted by Gasteiger charge is 2.30. The monoisotopic (exact) mass is 246 g/mol. The first-order chi connectivity index (χ1) is 8.00. The molecule has 0 aromatic carbocycles. The molecule has 1 atom stereocenters. The van der Waals surface area contributed by atoms with Gasteiger partial charge in [-0.3, -0.25) is 4.79 Å². The van der Waals surface area contributed by atoms with Crippen LogP contribution in [0.5, 0.6) is 0 Å². The maximum Gasteiger partial charge on any atom is 0.323 e. The fraction of sp³-hybridized carbons (Fsp3) is 0.917. The molecule has 0 spiro atoms. The van der Waals surface area contributed by atoms with E-state index in [1.807, 2.05) is 6.92 Å². The van der Waals surface area contributed by atoms with E-state index in [2.05, 4.69) is 17.1 Å². The van der Waals surface area contributed by atoms with Gasteiger partial charge in [-0.25, -0.2) is 0 Å². The zero-order valence-electron chi connectivity index (χ0n) is 11.5. The third-order valence-electron chi connectivity index (χ3n) is 3.16. The van der Waals surface area contributed by atoms with Gasteiger partial charge in [-0.05, 0) is 33.9 Å². The number of nitrogens with one attached hydrogen (secondary N) is 1. The lowest BCUT2D eigenvalue weighted by Gasteiger charge is -2.28. The molecule has 5 heteroatoms. The number of nitrogens with zero attached hydrogens (tertiary/aromatic N) is 1. The minimum atomic E-state index is -0.848. The molecule has 5 nitrogen and oxygen atoms in total. The average Bonchev–Trinajstić information content (AvgIpc) is 2.32. The molecule has 0 aromatic rings. The first kappa shape index (κ1) is 16.4. The highest BCUT2D eigenvalue weighted by molar-refractivity contribution is 5.78. The van der Waals surface area contributed by atoms with E-state index in [0.717, 1.165) is 26.2 Å². The minimum absolute atomic E-state index is 0.582. The van der Waals surface area contributed by atoms with Crippen molar-refractivity contribution in [2.24, 2.45) is 0 Å². The Morgan fingerprint density at radius 3 is 2.47 bits per heavy atom. The van der Waals surface area contributed by atoms with Crippen molar-refractivity contribution in [2.45, 2.75) is 32.7 Å². The fourth-order valence-corrected chi connectivity index (χ4v) is 1.49. The van der Waals surface area contributed by atoms with Crippen LogP contribution in [0, 0.1) is 0 Å². The predicted molar refractivity (Wildman–Crippen MR) is 68.3 cm³/mol. The standard InChI is InChI=1S/C12H26N2O3/c1-5-14(9-10-17-6-2)8-7-12(3,13-4)11(15)16/h13H,5-10H2,1-4H3,(H,15,16). The summed E-state index contributed by atoms with van der Waals surface area (Å²) in [6.07, 6.45) is 0.582. The quantitative estimate of drug-likeness (QED) is 0.558. The summed E-state index contributed by atoms with van der Waals surface area (Å²) in [5, 5.41) is 12.0. The Morgan fingerprint density at radius 2 is 2.06 bits per heavy atom. The van der Waals surface area contributed by atoms with Gasteiger partial charge in [-0.1, -0.05) is 6.92 Å². The topological polar surface area (TPSA) is 61.8 Å². The average molecular weight is 246 g/mol. The molecular formula is C12H26N2O3. The number of aliphatic carboxylic acids is 1. The van der Waals surface area contributed by atoms with Gasteiger partial charge in [0.05, 0.1) is 6.61 Å². The summed E-state index contributed by atoms with van der Waals surface area (Å²) >= 11 is 0. The van der Waals surface area contributed by atoms with Crippen LogP contribution in [0.25, 0.3) is 0 Å².